The predicted molar refractivity (Wildman–Crippen MR) is 76.2 cm³/mol. The third kappa shape index (κ3) is 3.75. The van der Waals surface area contributed by atoms with Crippen molar-refractivity contribution in [2.24, 2.45) is 0 Å². The maximum Gasteiger partial charge on any atom is 0.339 e. The Hall–Kier alpha value is -2.68. The van der Waals surface area contributed by atoms with Crippen molar-refractivity contribution in [3.8, 4) is 0 Å². The molecular weight excluding hydrogens is 334 g/mol. The van der Waals surface area contributed by atoms with E-state index in [0.717, 1.165) is 33.5 Å². The number of methoxy groups -OCH3 is 3. The lowest BCUT2D eigenvalue weighted by atomic mass is 9.95. The molecule has 0 amide bonds. The molecule has 0 unspecified atom stereocenters. The van der Waals surface area contributed by atoms with Gasteiger partial charge in [-0.25, -0.2) is 4.79 Å². The number of hydrogen-bond donors (Lipinski definition) is 0. The maximum atomic E-state index is 11.8. The lowest BCUT2D eigenvalue weighted by Gasteiger charge is -2.14. The average Bonchev–Trinajstić information content (AvgIpc) is 2.53. The van der Waals surface area contributed by atoms with Gasteiger partial charge in [-0.3, -0.25) is 19.7 Å². The topological polar surface area (TPSA) is 122 Å². The van der Waals surface area contributed by atoms with Crippen LogP contribution in [0.4, 0.5) is 5.69 Å². The lowest BCUT2D eigenvalue weighted by Crippen LogP contribution is -2.25. The molecule has 0 aliphatic heterocycles. The molecule has 0 N–H and O–H groups in total. The Kier molecular flexibility index (Phi) is 6.02. The minimum Gasteiger partial charge on any atom is -0.468 e. The highest BCUT2D eigenvalue weighted by Crippen LogP contribution is 2.34. The molecule has 10 heteroatoms. The highest BCUT2D eigenvalue weighted by molar-refractivity contribution is 6.33. The summed E-state index contributed by atoms with van der Waals surface area (Å²) in [5.74, 6) is -4.75. The average molecular weight is 346 g/mol. The number of nitro groups is 1. The number of nitro benzene ring substituents is 1. The summed E-state index contributed by atoms with van der Waals surface area (Å²) in [5, 5.41) is 11.0. The first-order valence-corrected chi connectivity index (χ1v) is 6.38. The molecule has 23 heavy (non-hydrogen) atoms. The van der Waals surface area contributed by atoms with E-state index >= 15 is 0 Å². The van der Waals surface area contributed by atoms with E-state index < -0.39 is 34.4 Å². The van der Waals surface area contributed by atoms with Gasteiger partial charge in [-0.2, -0.15) is 0 Å². The van der Waals surface area contributed by atoms with Gasteiger partial charge in [-0.15, -0.1) is 0 Å². The predicted octanol–water partition coefficient (Wildman–Crippen LogP) is 1.46. The molecule has 0 saturated heterocycles. The van der Waals surface area contributed by atoms with Gasteiger partial charge in [0.25, 0.3) is 5.69 Å². The van der Waals surface area contributed by atoms with Crippen LogP contribution >= 0.6 is 11.6 Å². The fourth-order valence-electron chi connectivity index (χ4n) is 1.82. The molecule has 0 saturated carbocycles. The molecule has 0 spiro atoms. The molecule has 1 rings (SSSR count). The second-order valence-electron chi connectivity index (χ2n) is 4.12. The number of esters is 3. The summed E-state index contributed by atoms with van der Waals surface area (Å²) in [7, 11) is 3.09. The van der Waals surface area contributed by atoms with E-state index in [1.54, 1.807) is 0 Å². The van der Waals surface area contributed by atoms with E-state index in [9.17, 15) is 24.5 Å². The van der Waals surface area contributed by atoms with Gasteiger partial charge in [0.05, 0.1) is 42.4 Å². The van der Waals surface area contributed by atoms with Crippen LogP contribution in [0.25, 0.3) is 0 Å². The van der Waals surface area contributed by atoms with Crippen LogP contribution in [-0.2, 0) is 23.8 Å². The molecule has 124 valence electrons. The molecule has 0 atom stereocenters. The number of halogens is 1. The van der Waals surface area contributed by atoms with Crippen LogP contribution in [0.2, 0.25) is 5.02 Å². The van der Waals surface area contributed by atoms with E-state index in [1.165, 1.54) is 0 Å². The highest BCUT2D eigenvalue weighted by atomic mass is 35.5. The van der Waals surface area contributed by atoms with Crippen LogP contribution in [0.15, 0.2) is 12.1 Å². The molecular formula is C13H12ClNO8. The van der Waals surface area contributed by atoms with Crippen LogP contribution in [0, 0.1) is 10.1 Å². The van der Waals surface area contributed by atoms with Crippen molar-refractivity contribution in [1.82, 2.24) is 0 Å². The monoisotopic (exact) mass is 345 g/mol. The first-order valence-electron chi connectivity index (χ1n) is 6.00. The molecule has 0 radical (unpaired) electrons. The van der Waals surface area contributed by atoms with Gasteiger partial charge >= 0.3 is 17.9 Å². The Morgan fingerprint density at radius 3 is 2.00 bits per heavy atom. The Morgan fingerprint density at radius 2 is 1.61 bits per heavy atom. The molecule has 1 aromatic carbocycles. The first kappa shape index (κ1) is 18.4. The number of carbonyl (C=O) groups excluding carboxylic acids is 3. The fraction of sp³-hybridized carbons (Fsp3) is 0.308. The summed E-state index contributed by atoms with van der Waals surface area (Å²) in [6, 6.07) is 1.78. The van der Waals surface area contributed by atoms with E-state index in [2.05, 4.69) is 14.2 Å². The van der Waals surface area contributed by atoms with Crippen LogP contribution in [-0.4, -0.2) is 44.2 Å². The van der Waals surface area contributed by atoms with Gasteiger partial charge in [0.2, 0.25) is 0 Å². The second kappa shape index (κ2) is 7.54. The van der Waals surface area contributed by atoms with Crippen molar-refractivity contribution in [3.05, 3.63) is 38.4 Å². The molecule has 0 aliphatic rings. The van der Waals surface area contributed by atoms with Crippen LogP contribution in [0.5, 0.6) is 0 Å². The number of ether oxygens (including phenoxy) is 3. The van der Waals surface area contributed by atoms with Gasteiger partial charge in [0.1, 0.15) is 0 Å². The zero-order valence-corrected chi connectivity index (χ0v) is 13.1. The van der Waals surface area contributed by atoms with Crippen LogP contribution < -0.4 is 0 Å². The Balaban J connectivity index is 3.64. The van der Waals surface area contributed by atoms with Crippen LogP contribution in [0.1, 0.15) is 21.8 Å². The van der Waals surface area contributed by atoms with Gasteiger partial charge in [-0.05, 0) is 6.07 Å². The quantitative estimate of drug-likeness (QED) is 0.258. The summed E-state index contributed by atoms with van der Waals surface area (Å²) >= 11 is 5.89. The number of rotatable bonds is 5. The third-order valence-electron chi connectivity index (χ3n) is 2.90. The zero-order chi connectivity index (χ0) is 17.7. The number of hydrogen-bond acceptors (Lipinski definition) is 8. The summed E-state index contributed by atoms with van der Waals surface area (Å²) in [6.07, 6.45) is 0. The number of carbonyl (C=O) groups is 3. The smallest absolute Gasteiger partial charge is 0.339 e. The molecule has 1 aromatic rings. The van der Waals surface area contributed by atoms with E-state index in [-0.39, 0.29) is 16.1 Å². The normalized spacial score (nSPS) is 10.1. The number of nitrogens with zero attached hydrogens (tertiary/aromatic N) is 1. The maximum absolute atomic E-state index is 11.8. The highest BCUT2D eigenvalue weighted by Gasteiger charge is 2.37. The van der Waals surface area contributed by atoms with Crippen LogP contribution in [0.3, 0.4) is 0 Å². The summed E-state index contributed by atoms with van der Waals surface area (Å²) in [6.45, 7) is 0. The summed E-state index contributed by atoms with van der Waals surface area (Å²) in [4.78, 5) is 45.5. The Morgan fingerprint density at radius 1 is 1.09 bits per heavy atom. The van der Waals surface area contributed by atoms with E-state index in [4.69, 9.17) is 11.6 Å². The second-order valence-corrected chi connectivity index (χ2v) is 4.53. The minimum absolute atomic E-state index is 0.227. The standard InChI is InChI=1S/C13H12ClNO8/c1-21-11(16)6-5-9(15(19)20)7(4-8(6)14)10(12(17)22-2)13(18)23-3/h4-5,10H,1-3H3. The zero-order valence-electron chi connectivity index (χ0n) is 12.3. The molecule has 0 fully saturated rings. The minimum atomic E-state index is -1.71. The molecule has 0 heterocycles. The summed E-state index contributed by atoms with van der Waals surface area (Å²) < 4.78 is 13.4. The van der Waals surface area contributed by atoms with Crippen molar-refractivity contribution >= 4 is 35.2 Å². The molecule has 0 aliphatic carbocycles. The summed E-state index contributed by atoms with van der Waals surface area (Å²) in [5.41, 5.74) is -1.31. The van der Waals surface area contributed by atoms with Gasteiger partial charge in [-0.1, -0.05) is 11.6 Å². The fourth-order valence-corrected chi connectivity index (χ4v) is 2.07. The SMILES string of the molecule is COC(=O)c1cc([N+](=O)[O-])c(C(C(=O)OC)C(=O)OC)cc1Cl. The first-order chi connectivity index (χ1) is 10.8. The van der Waals surface area contributed by atoms with E-state index in [1.807, 2.05) is 0 Å². The van der Waals surface area contributed by atoms with Crippen molar-refractivity contribution in [3.63, 3.8) is 0 Å². The van der Waals surface area contributed by atoms with Gasteiger partial charge in [0.15, 0.2) is 5.92 Å². The molecule has 0 aromatic heterocycles. The van der Waals surface area contributed by atoms with Crippen molar-refractivity contribution in [2.45, 2.75) is 5.92 Å². The Bertz CT molecular complexity index is 656. The van der Waals surface area contributed by atoms with Crippen molar-refractivity contribution in [1.29, 1.82) is 0 Å². The Labute approximate surface area is 135 Å². The largest absolute Gasteiger partial charge is 0.468 e. The number of benzene rings is 1. The van der Waals surface area contributed by atoms with Crippen molar-refractivity contribution < 1.29 is 33.5 Å². The van der Waals surface area contributed by atoms with Gasteiger partial charge < -0.3 is 14.2 Å². The molecule has 9 nitrogen and oxygen atoms in total. The van der Waals surface area contributed by atoms with E-state index in [0.29, 0.717) is 0 Å². The lowest BCUT2D eigenvalue weighted by molar-refractivity contribution is -0.385. The molecule has 0 bridgehead atoms. The third-order valence-corrected chi connectivity index (χ3v) is 3.22. The van der Waals surface area contributed by atoms with Gasteiger partial charge in [0, 0.05) is 6.07 Å². The van der Waals surface area contributed by atoms with Crippen molar-refractivity contribution in [2.75, 3.05) is 21.3 Å².